The van der Waals surface area contributed by atoms with E-state index >= 15 is 0 Å². The molecule has 1 N–H and O–H groups in total. The van der Waals surface area contributed by atoms with Crippen molar-refractivity contribution < 1.29 is 13.2 Å². The zero-order valence-electron chi connectivity index (χ0n) is 15.4. The lowest BCUT2D eigenvalue weighted by atomic mass is 10.0. The smallest absolute Gasteiger partial charge is 0.255 e. The van der Waals surface area contributed by atoms with Crippen LogP contribution in [0.2, 0.25) is 5.02 Å². The molecule has 28 heavy (non-hydrogen) atoms. The summed E-state index contributed by atoms with van der Waals surface area (Å²) in [4.78, 5) is 12.5. The van der Waals surface area contributed by atoms with Crippen LogP contribution < -0.4 is 5.32 Å². The van der Waals surface area contributed by atoms with Crippen LogP contribution in [-0.4, -0.2) is 31.7 Å². The Kier molecular flexibility index (Phi) is 6.04. The summed E-state index contributed by atoms with van der Waals surface area (Å²) in [5, 5.41) is 11.6. The van der Waals surface area contributed by atoms with E-state index in [1.54, 1.807) is 24.3 Å². The molecule has 1 aliphatic heterocycles. The van der Waals surface area contributed by atoms with Gasteiger partial charge < -0.3 is 5.32 Å². The van der Waals surface area contributed by atoms with Gasteiger partial charge in [-0.2, -0.15) is 9.57 Å². The van der Waals surface area contributed by atoms with E-state index in [2.05, 4.69) is 5.32 Å². The van der Waals surface area contributed by atoms with Crippen LogP contribution >= 0.6 is 11.6 Å². The van der Waals surface area contributed by atoms with Gasteiger partial charge in [0.1, 0.15) is 4.90 Å². The Bertz CT molecular complexity index is 1030. The first kappa shape index (κ1) is 20.3. The normalized spacial score (nSPS) is 17.7. The highest BCUT2D eigenvalue weighted by Gasteiger charge is 2.30. The van der Waals surface area contributed by atoms with Gasteiger partial charge in [0.15, 0.2) is 0 Å². The fourth-order valence-corrected chi connectivity index (χ4v) is 5.28. The molecule has 1 amide bonds. The molecule has 0 bridgehead atoms. The van der Waals surface area contributed by atoms with Crippen molar-refractivity contribution in [3.05, 3.63) is 58.6 Å². The zero-order chi connectivity index (χ0) is 20.3. The molecule has 1 atom stereocenters. The summed E-state index contributed by atoms with van der Waals surface area (Å²) >= 11 is 6.17. The Morgan fingerprint density at radius 3 is 2.61 bits per heavy atom. The van der Waals surface area contributed by atoms with Crippen LogP contribution in [0.4, 0.5) is 5.69 Å². The molecule has 2 aromatic carbocycles. The second-order valence-corrected chi connectivity index (χ2v) is 9.21. The van der Waals surface area contributed by atoms with Crippen molar-refractivity contribution in [2.75, 3.05) is 18.4 Å². The number of hydrogen-bond donors (Lipinski definition) is 1. The van der Waals surface area contributed by atoms with E-state index in [-0.39, 0.29) is 21.4 Å². The Hall–Kier alpha value is -2.40. The number of halogens is 1. The summed E-state index contributed by atoms with van der Waals surface area (Å²) in [5.41, 5.74) is 1.18. The number of rotatable bonds is 4. The number of nitrogens with zero attached hydrogens (tertiary/aromatic N) is 2. The number of nitriles is 1. The molecule has 2 aromatic rings. The summed E-state index contributed by atoms with van der Waals surface area (Å²) in [6.45, 7) is 2.91. The number of carbonyl (C=O) groups excluding carboxylic acids is 1. The van der Waals surface area contributed by atoms with Crippen molar-refractivity contribution in [3.63, 3.8) is 0 Å². The van der Waals surface area contributed by atoms with Gasteiger partial charge in [-0.3, -0.25) is 4.79 Å². The molecule has 0 aromatic heterocycles. The highest BCUT2D eigenvalue weighted by atomic mass is 35.5. The summed E-state index contributed by atoms with van der Waals surface area (Å²) in [6.07, 6.45) is 1.80. The van der Waals surface area contributed by atoms with E-state index in [0.29, 0.717) is 24.3 Å². The number of benzene rings is 2. The van der Waals surface area contributed by atoms with Crippen LogP contribution in [-0.2, 0) is 10.0 Å². The molecule has 8 heteroatoms. The molecule has 1 saturated heterocycles. The van der Waals surface area contributed by atoms with Crippen LogP contribution in [0.5, 0.6) is 0 Å². The van der Waals surface area contributed by atoms with Crippen molar-refractivity contribution in [3.8, 4) is 6.07 Å². The van der Waals surface area contributed by atoms with Crippen molar-refractivity contribution in [1.29, 1.82) is 5.26 Å². The summed E-state index contributed by atoms with van der Waals surface area (Å²) in [6, 6.07) is 12.6. The van der Waals surface area contributed by atoms with Crippen molar-refractivity contribution in [2.45, 2.75) is 24.7 Å². The van der Waals surface area contributed by atoms with E-state index < -0.39 is 15.9 Å². The standard InChI is InChI=1S/C20H20ClN3O3S/c1-14-3-2-10-24(13-14)28(26,27)19-11-16(6-9-18(19)21)20(25)23-17-7-4-15(12-22)5-8-17/h4-9,11,14H,2-3,10,13H2,1H3,(H,23,25). The first-order valence-electron chi connectivity index (χ1n) is 8.92. The van der Waals surface area contributed by atoms with Gasteiger partial charge >= 0.3 is 0 Å². The fraction of sp³-hybridized carbons (Fsp3) is 0.300. The largest absolute Gasteiger partial charge is 0.322 e. The number of amides is 1. The third-order valence-electron chi connectivity index (χ3n) is 4.70. The average Bonchev–Trinajstić information content (AvgIpc) is 2.68. The predicted molar refractivity (Wildman–Crippen MR) is 108 cm³/mol. The molecular formula is C20H20ClN3O3S. The van der Waals surface area contributed by atoms with Crippen LogP contribution in [0.3, 0.4) is 0 Å². The molecule has 1 aliphatic rings. The van der Waals surface area contributed by atoms with Crippen molar-refractivity contribution in [1.82, 2.24) is 4.31 Å². The minimum absolute atomic E-state index is 0.0595. The maximum absolute atomic E-state index is 13.0. The van der Waals surface area contributed by atoms with E-state index in [1.165, 1.54) is 22.5 Å². The SMILES string of the molecule is CC1CCCN(S(=O)(=O)c2cc(C(=O)Nc3ccc(C#N)cc3)ccc2Cl)C1. The quantitative estimate of drug-likeness (QED) is 0.817. The topological polar surface area (TPSA) is 90.3 Å². The molecule has 146 valence electrons. The van der Waals surface area contributed by atoms with Crippen molar-refractivity contribution >= 4 is 33.2 Å². The first-order chi connectivity index (χ1) is 13.3. The maximum Gasteiger partial charge on any atom is 0.255 e. The lowest BCUT2D eigenvalue weighted by Gasteiger charge is -2.30. The molecule has 0 radical (unpaired) electrons. The molecule has 1 heterocycles. The summed E-state index contributed by atoms with van der Waals surface area (Å²) in [5.74, 6) is -0.171. The number of sulfonamides is 1. The summed E-state index contributed by atoms with van der Waals surface area (Å²) < 4.78 is 27.5. The molecule has 0 spiro atoms. The van der Waals surface area contributed by atoms with Gasteiger partial charge in [0.05, 0.1) is 16.7 Å². The van der Waals surface area contributed by atoms with E-state index in [9.17, 15) is 13.2 Å². The molecule has 1 fully saturated rings. The third-order valence-corrected chi connectivity index (χ3v) is 7.05. The molecule has 3 rings (SSSR count). The van der Waals surface area contributed by atoms with E-state index in [0.717, 1.165) is 12.8 Å². The van der Waals surface area contributed by atoms with Gasteiger partial charge in [-0.25, -0.2) is 8.42 Å². The molecular weight excluding hydrogens is 398 g/mol. The van der Waals surface area contributed by atoms with Gasteiger partial charge in [0.2, 0.25) is 10.0 Å². The number of hydrogen-bond acceptors (Lipinski definition) is 4. The van der Waals surface area contributed by atoms with Gasteiger partial charge in [-0.1, -0.05) is 18.5 Å². The van der Waals surface area contributed by atoms with Gasteiger partial charge in [0, 0.05) is 24.3 Å². The Morgan fingerprint density at radius 2 is 1.96 bits per heavy atom. The van der Waals surface area contributed by atoms with E-state index in [4.69, 9.17) is 16.9 Å². The summed E-state index contributed by atoms with van der Waals surface area (Å²) in [7, 11) is -3.78. The molecule has 0 saturated carbocycles. The van der Waals surface area contributed by atoms with Gasteiger partial charge in [-0.05, 0) is 61.2 Å². The highest BCUT2D eigenvalue weighted by molar-refractivity contribution is 7.89. The van der Waals surface area contributed by atoms with Gasteiger partial charge in [0.25, 0.3) is 5.91 Å². The van der Waals surface area contributed by atoms with Crippen molar-refractivity contribution in [2.24, 2.45) is 5.92 Å². The fourth-order valence-electron chi connectivity index (χ4n) is 3.18. The molecule has 0 aliphatic carbocycles. The predicted octanol–water partition coefficient (Wildman–Crippen LogP) is 3.88. The number of carbonyl (C=O) groups is 1. The van der Waals surface area contributed by atoms with Crippen LogP contribution in [0.25, 0.3) is 0 Å². The second-order valence-electron chi connectivity index (χ2n) is 6.90. The minimum Gasteiger partial charge on any atom is -0.322 e. The zero-order valence-corrected chi connectivity index (χ0v) is 16.9. The molecule has 1 unspecified atom stereocenters. The molecule has 6 nitrogen and oxygen atoms in total. The van der Waals surface area contributed by atoms with Crippen LogP contribution in [0, 0.1) is 17.2 Å². The Morgan fingerprint density at radius 1 is 1.25 bits per heavy atom. The number of piperidine rings is 1. The van der Waals surface area contributed by atoms with E-state index in [1.807, 2.05) is 13.0 Å². The average molecular weight is 418 g/mol. The third kappa shape index (κ3) is 4.36. The first-order valence-corrected chi connectivity index (χ1v) is 10.7. The van der Waals surface area contributed by atoms with Crippen LogP contribution in [0.15, 0.2) is 47.4 Å². The monoisotopic (exact) mass is 417 g/mol. The Balaban J connectivity index is 1.86. The van der Waals surface area contributed by atoms with Crippen LogP contribution in [0.1, 0.15) is 35.7 Å². The lowest BCUT2D eigenvalue weighted by Crippen LogP contribution is -2.39. The highest BCUT2D eigenvalue weighted by Crippen LogP contribution is 2.29. The second kappa shape index (κ2) is 8.31. The van der Waals surface area contributed by atoms with Gasteiger partial charge in [-0.15, -0.1) is 0 Å². The Labute approximate surface area is 169 Å². The lowest BCUT2D eigenvalue weighted by molar-refractivity contribution is 0.102. The number of nitrogens with one attached hydrogen (secondary N) is 1. The maximum atomic E-state index is 13.0. The minimum atomic E-state index is -3.78. The number of anilines is 1.